The van der Waals surface area contributed by atoms with Gasteiger partial charge >= 0.3 is 0 Å². The summed E-state index contributed by atoms with van der Waals surface area (Å²) in [7, 11) is 6.11. The fourth-order valence-corrected chi connectivity index (χ4v) is 3.75. The first kappa shape index (κ1) is 17.1. The minimum absolute atomic E-state index is 0.0295. The van der Waals surface area contributed by atoms with Crippen LogP contribution < -0.4 is 10.8 Å². The third-order valence-electron chi connectivity index (χ3n) is 5.05. The van der Waals surface area contributed by atoms with Gasteiger partial charge in [0.1, 0.15) is 7.85 Å². The molecule has 2 N–H and O–H groups in total. The fraction of sp³-hybridized carbons (Fsp3) is 0.526. The molecular weight excluding hydrogens is 299 g/mol. The Morgan fingerprint density at radius 2 is 2.00 bits per heavy atom. The van der Waals surface area contributed by atoms with Crippen molar-refractivity contribution in [3.05, 3.63) is 30.0 Å². The van der Waals surface area contributed by atoms with Crippen molar-refractivity contribution in [1.29, 1.82) is 0 Å². The van der Waals surface area contributed by atoms with E-state index in [0.717, 1.165) is 17.4 Å². The van der Waals surface area contributed by atoms with E-state index in [1.165, 1.54) is 38.5 Å². The molecule has 1 amide bonds. The zero-order valence-electron chi connectivity index (χ0n) is 14.1. The van der Waals surface area contributed by atoms with Crippen LogP contribution in [0.4, 0.5) is 0 Å². The number of aliphatic hydroxyl groups excluding tert-OH is 1. The smallest absolute Gasteiger partial charge is 0.253 e. The Hall–Kier alpha value is -1.75. The molecule has 1 fully saturated rings. The first-order chi connectivity index (χ1) is 11.7. The first-order valence-corrected chi connectivity index (χ1v) is 8.97. The minimum Gasteiger partial charge on any atom is -0.395 e. The summed E-state index contributed by atoms with van der Waals surface area (Å²) in [6.45, 7) is 1.22. The Morgan fingerprint density at radius 3 is 2.71 bits per heavy atom. The Bertz CT molecular complexity index is 703. The minimum atomic E-state index is -0.0705. The number of amides is 1. The lowest BCUT2D eigenvalue weighted by Crippen LogP contribution is -2.29. The van der Waals surface area contributed by atoms with E-state index in [2.05, 4.69) is 5.32 Å². The Kier molecular flexibility index (Phi) is 5.61. The quantitative estimate of drug-likeness (QED) is 0.654. The molecule has 0 atom stereocenters. The molecule has 1 aliphatic carbocycles. The van der Waals surface area contributed by atoms with Crippen LogP contribution in [-0.4, -0.2) is 36.6 Å². The molecule has 5 heteroatoms. The summed E-state index contributed by atoms with van der Waals surface area (Å²) in [4.78, 5) is 12.7. The molecule has 0 aliphatic heterocycles. The van der Waals surface area contributed by atoms with E-state index in [9.17, 15) is 9.90 Å². The standard InChI is InChI=1S/C19H25BN2O2/c20-16-8-5-9-17-18(16)15(13-22(17)10-11-23)19(24)21-12-14-6-3-1-2-4-7-14/h5,8-9,13-14,23H,1-4,6-7,10-12H2,(H,21,24). The van der Waals surface area contributed by atoms with Gasteiger partial charge in [0.05, 0.1) is 12.2 Å². The van der Waals surface area contributed by atoms with Gasteiger partial charge in [-0.2, -0.15) is 0 Å². The van der Waals surface area contributed by atoms with E-state index >= 15 is 0 Å². The zero-order chi connectivity index (χ0) is 16.9. The van der Waals surface area contributed by atoms with Gasteiger partial charge in [0, 0.05) is 30.2 Å². The van der Waals surface area contributed by atoms with Crippen LogP contribution in [0, 0.1) is 5.92 Å². The average Bonchev–Trinajstić information content (AvgIpc) is 2.77. The van der Waals surface area contributed by atoms with Crippen LogP contribution in [-0.2, 0) is 6.54 Å². The molecule has 2 radical (unpaired) electrons. The fourth-order valence-electron chi connectivity index (χ4n) is 3.75. The summed E-state index contributed by atoms with van der Waals surface area (Å²) in [6, 6.07) is 5.62. The maximum absolute atomic E-state index is 12.7. The van der Waals surface area contributed by atoms with Gasteiger partial charge in [-0.25, -0.2) is 0 Å². The maximum Gasteiger partial charge on any atom is 0.253 e. The summed E-state index contributed by atoms with van der Waals surface area (Å²) in [5, 5.41) is 13.1. The van der Waals surface area contributed by atoms with Crippen molar-refractivity contribution in [3.63, 3.8) is 0 Å². The number of hydrogen-bond donors (Lipinski definition) is 2. The van der Waals surface area contributed by atoms with Crippen LogP contribution in [0.5, 0.6) is 0 Å². The highest BCUT2D eigenvalue weighted by Crippen LogP contribution is 2.23. The predicted molar refractivity (Wildman–Crippen MR) is 97.9 cm³/mol. The van der Waals surface area contributed by atoms with Crippen LogP contribution >= 0.6 is 0 Å². The lowest BCUT2D eigenvalue weighted by Gasteiger charge is -2.14. The van der Waals surface area contributed by atoms with Crippen LogP contribution in [0.15, 0.2) is 24.4 Å². The summed E-state index contributed by atoms with van der Waals surface area (Å²) >= 11 is 0. The number of aromatic nitrogens is 1. The first-order valence-electron chi connectivity index (χ1n) is 8.97. The maximum atomic E-state index is 12.7. The van der Waals surface area contributed by atoms with Gasteiger partial charge in [0.15, 0.2) is 0 Å². The molecule has 1 aromatic carbocycles. The molecular formula is C19H25BN2O2. The Morgan fingerprint density at radius 1 is 1.25 bits per heavy atom. The highest BCUT2D eigenvalue weighted by Gasteiger charge is 2.18. The molecule has 1 saturated carbocycles. The molecule has 0 saturated heterocycles. The molecule has 0 bridgehead atoms. The molecule has 3 rings (SSSR count). The van der Waals surface area contributed by atoms with Crippen molar-refractivity contribution in [3.8, 4) is 0 Å². The molecule has 1 aliphatic rings. The van der Waals surface area contributed by atoms with Crippen molar-refractivity contribution >= 4 is 30.1 Å². The number of hydrogen-bond acceptors (Lipinski definition) is 2. The van der Waals surface area contributed by atoms with E-state index in [1.54, 1.807) is 6.20 Å². The molecule has 2 aromatic rings. The molecule has 1 aromatic heterocycles. The van der Waals surface area contributed by atoms with Gasteiger partial charge in [-0.1, -0.05) is 43.3 Å². The molecule has 4 nitrogen and oxygen atoms in total. The van der Waals surface area contributed by atoms with Crippen LogP contribution in [0.2, 0.25) is 0 Å². The number of rotatable bonds is 5. The molecule has 0 unspecified atom stereocenters. The van der Waals surface area contributed by atoms with Gasteiger partial charge in [-0.15, -0.1) is 0 Å². The highest BCUT2D eigenvalue weighted by molar-refractivity contribution is 6.40. The second kappa shape index (κ2) is 7.89. The number of carbonyl (C=O) groups is 1. The topological polar surface area (TPSA) is 54.3 Å². The lowest BCUT2D eigenvalue weighted by molar-refractivity contribution is 0.0947. The molecule has 0 spiro atoms. The number of nitrogens with one attached hydrogen (secondary N) is 1. The van der Waals surface area contributed by atoms with Crippen LogP contribution in [0.1, 0.15) is 48.9 Å². The van der Waals surface area contributed by atoms with Crippen LogP contribution in [0.25, 0.3) is 10.9 Å². The van der Waals surface area contributed by atoms with E-state index < -0.39 is 0 Å². The summed E-state index contributed by atoms with van der Waals surface area (Å²) < 4.78 is 1.90. The number of fused-ring (bicyclic) bond motifs is 1. The van der Waals surface area contributed by atoms with Crippen molar-refractivity contribution in [2.45, 2.75) is 45.1 Å². The van der Waals surface area contributed by atoms with Crippen molar-refractivity contribution in [2.75, 3.05) is 13.2 Å². The van der Waals surface area contributed by atoms with Gasteiger partial charge in [-0.05, 0) is 24.8 Å². The summed E-state index contributed by atoms with van der Waals surface area (Å²) in [6.07, 6.45) is 9.38. The third kappa shape index (κ3) is 3.67. The van der Waals surface area contributed by atoms with Crippen LogP contribution in [0.3, 0.4) is 0 Å². The van der Waals surface area contributed by atoms with Gasteiger partial charge in [0.2, 0.25) is 0 Å². The van der Waals surface area contributed by atoms with Crippen molar-refractivity contribution < 1.29 is 9.90 Å². The normalized spacial score (nSPS) is 16.2. The van der Waals surface area contributed by atoms with Crippen molar-refractivity contribution in [2.24, 2.45) is 5.92 Å². The average molecular weight is 324 g/mol. The lowest BCUT2D eigenvalue weighted by atomic mass is 9.90. The molecule has 1 heterocycles. The van der Waals surface area contributed by atoms with E-state index in [-0.39, 0.29) is 12.5 Å². The number of benzene rings is 1. The van der Waals surface area contributed by atoms with Gasteiger partial charge in [-0.3, -0.25) is 4.79 Å². The predicted octanol–water partition coefficient (Wildman–Crippen LogP) is 2.13. The monoisotopic (exact) mass is 324 g/mol. The molecule has 24 heavy (non-hydrogen) atoms. The zero-order valence-corrected chi connectivity index (χ0v) is 14.1. The highest BCUT2D eigenvalue weighted by atomic mass is 16.3. The summed E-state index contributed by atoms with van der Waals surface area (Å²) in [5.41, 5.74) is 2.10. The van der Waals surface area contributed by atoms with Gasteiger partial charge < -0.3 is 15.0 Å². The largest absolute Gasteiger partial charge is 0.395 e. The second-order valence-electron chi connectivity index (χ2n) is 6.77. The Balaban J connectivity index is 1.78. The van der Waals surface area contributed by atoms with E-state index in [4.69, 9.17) is 7.85 Å². The third-order valence-corrected chi connectivity index (χ3v) is 5.05. The second-order valence-corrected chi connectivity index (χ2v) is 6.77. The van der Waals surface area contributed by atoms with Crippen molar-refractivity contribution in [1.82, 2.24) is 9.88 Å². The van der Waals surface area contributed by atoms with E-state index in [0.29, 0.717) is 23.5 Å². The Labute approximate surface area is 144 Å². The van der Waals surface area contributed by atoms with Gasteiger partial charge in [0.25, 0.3) is 5.91 Å². The number of aliphatic hydroxyl groups is 1. The summed E-state index contributed by atoms with van der Waals surface area (Å²) in [5.74, 6) is 0.512. The number of carbonyl (C=O) groups excluding carboxylic acids is 1. The molecule has 126 valence electrons. The van der Waals surface area contributed by atoms with E-state index in [1.807, 2.05) is 22.8 Å². The number of nitrogens with zero attached hydrogens (tertiary/aromatic N) is 1. The SMILES string of the molecule is [B]c1cccc2c1c(C(=O)NCC1CCCCCC1)cn2CCO.